The highest BCUT2D eigenvalue weighted by atomic mass is 16.7. The summed E-state index contributed by atoms with van der Waals surface area (Å²) in [6, 6.07) is 13.8. The van der Waals surface area contributed by atoms with Gasteiger partial charge >= 0.3 is 18.2 Å². The number of carbonyl (C=O) groups excluding carboxylic acids is 3. The molecule has 1 aliphatic rings. The zero-order chi connectivity index (χ0) is 33.6. The second-order valence-electron chi connectivity index (χ2n) is 13.4. The molecule has 3 atom stereocenters. The fourth-order valence-electron chi connectivity index (χ4n) is 4.58. The number of amides is 1. The number of hydrogen-bond donors (Lipinski definition) is 0. The molecule has 1 aliphatic heterocycles. The van der Waals surface area contributed by atoms with Gasteiger partial charge in [-0.25, -0.2) is 14.4 Å². The van der Waals surface area contributed by atoms with Crippen LogP contribution in [-0.4, -0.2) is 78.9 Å². The van der Waals surface area contributed by atoms with Crippen LogP contribution in [0.1, 0.15) is 66.5 Å². The Hall–Kier alpha value is -3.99. The van der Waals surface area contributed by atoms with Crippen LogP contribution < -0.4 is 9.47 Å². The number of likely N-dealkylation sites (tertiary alicyclic amines) is 1. The first-order valence-electron chi connectivity index (χ1n) is 14.9. The van der Waals surface area contributed by atoms with E-state index in [2.05, 4.69) is 0 Å². The van der Waals surface area contributed by atoms with E-state index in [1.807, 2.05) is 24.3 Å². The second kappa shape index (κ2) is 14.4. The summed E-state index contributed by atoms with van der Waals surface area (Å²) in [4.78, 5) is 41.5. The molecule has 0 radical (unpaired) electrons. The van der Waals surface area contributed by atoms with Gasteiger partial charge in [0.05, 0.1) is 33.4 Å². The molecule has 1 saturated heterocycles. The number of benzene rings is 2. The van der Waals surface area contributed by atoms with Crippen LogP contribution in [0.25, 0.3) is 0 Å². The number of hydrogen-bond acceptors (Lipinski definition) is 10. The molecule has 0 spiro atoms. The molecule has 0 unspecified atom stereocenters. The molecule has 2 aromatic carbocycles. The average molecular weight is 630 g/mol. The molecule has 0 N–H and O–H groups in total. The standard InChI is InChI=1S/C34H47NO10/c1-32(2,3)44-30(37)35-20-27(42-31(38)45-33(4,5)6)28(26(35)19-22-11-15-24(39-9)16-12-22)43-29(36)34(7,8)41-21-23-13-17-25(40-10)18-14-23/h11-18,26-28H,19-21H2,1-10H3/t26-,27+,28+/m1/s1. The van der Waals surface area contributed by atoms with Crippen LogP contribution in [0.5, 0.6) is 11.5 Å². The molecular weight excluding hydrogens is 582 g/mol. The van der Waals surface area contributed by atoms with Gasteiger partial charge in [-0.2, -0.15) is 0 Å². The molecule has 1 fully saturated rings. The number of methoxy groups -OCH3 is 2. The Kier molecular flexibility index (Phi) is 11.4. The summed E-state index contributed by atoms with van der Waals surface area (Å²) in [7, 11) is 3.15. The summed E-state index contributed by atoms with van der Waals surface area (Å²) in [6.07, 6.45) is -3.42. The minimum Gasteiger partial charge on any atom is -0.497 e. The van der Waals surface area contributed by atoms with Gasteiger partial charge in [0.15, 0.2) is 17.8 Å². The van der Waals surface area contributed by atoms with Crippen molar-refractivity contribution in [3.05, 3.63) is 59.7 Å². The molecule has 45 heavy (non-hydrogen) atoms. The van der Waals surface area contributed by atoms with Gasteiger partial charge in [0.1, 0.15) is 22.7 Å². The Labute approximate surface area is 266 Å². The predicted molar refractivity (Wildman–Crippen MR) is 166 cm³/mol. The van der Waals surface area contributed by atoms with Gasteiger partial charge in [-0.05, 0) is 97.2 Å². The molecule has 3 rings (SSSR count). The smallest absolute Gasteiger partial charge is 0.497 e. The lowest BCUT2D eigenvalue weighted by Crippen LogP contribution is -2.48. The van der Waals surface area contributed by atoms with Crippen molar-refractivity contribution in [1.29, 1.82) is 0 Å². The number of rotatable bonds is 10. The third kappa shape index (κ3) is 10.6. The third-order valence-corrected chi connectivity index (χ3v) is 6.89. The number of nitrogens with zero attached hydrogens (tertiary/aromatic N) is 1. The maximum atomic E-state index is 13.7. The van der Waals surface area contributed by atoms with E-state index in [-0.39, 0.29) is 19.6 Å². The summed E-state index contributed by atoms with van der Waals surface area (Å²) in [5.41, 5.74) is -1.34. The zero-order valence-electron chi connectivity index (χ0n) is 28.0. The van der Waals surface area contributed by atoms with Crippen LogP contribution in [0, 0.1) is 0 Å². The lowest BCUT2D eigenvalue weighted by molar-refractivity contribution is -0.181. The van der Waals surface area contributed by atoms with Gasteiger partial charge in [0.25, 0.3) is 0 Å². The summed E-state index contributed by atoms with van der Waals surface area (Å²) in [5.74, 6) is 0.677. The molecule has 0 bridgehead atoms. The van der Waals surface area contributed by atoms with E-state index in [0.29, 0.717) is 11.5 Å². The summed E-state index contributed by atoms with van der Waals surface area (Å²) >= 11 is 0. The summed E-state index contributed by atoms with van der Waals surface area (Å²) in [6.45, 7) is 13.7. The van der Waals surface area contributed by atoms with Gasteiger partial charge in [-0.1, -0.05) is 24.3 Å². The van der Waals surface area contributed by atoms with Crippen LogP contribution in [0.2, 0.25) is 0 Å². The molecule has 0 saturated carbocycles. The van der Waals surface area contributed by atoms with E-state index in [0.717, 1.165) is 11.1 Å². The quantitative estimate of drug-likeness (QED) is 0.226. The summed E-state index contributed by atoms with van der Waals surface area (Å²) in [5, 5.41) is 0. The van der Waals surface area contributed by atoms with E-state index >= 15 is 0 Å². The Morgan fingerprint density at radius 2 is 1.24 bits per heavy atom. The summed E-state index contributed by atoms with van der Waals surface area (Å²) < 4.78 is 39.4. The van der Waals surface area contributed by atoms with E-state index in [1.165, 1.54) is 4.90 Å². The second-order valence-corrected chi connectivity index (χ2v) is 13.4. The zero-order valence-corrected chi connectivity index (χ0v) is 28.0. The number of ether oxygens (including phenoxy) is 7. The highest BCUT2D eigenvalue weighted by Gasteiger charge is 2.51. The highest BCUT2D eigenvalue weighted by Crippen LogP contribution is 2.32. The molecule has 1 amide bonds. The van der Waals surface area contributed by atoms with Crippen molar-refractivity contribution in [2.24, 2.45) is 0 Å². The van der Waals surface area contributed by atoms with E-state index in [4.69, 9.17) is 33.2 Å². The molecule has 11 nitrogen and oxygen atoms in total. The average Bonchev–Trinajstić information content (AvgIpc) is 3.26. The van der Waals surface area contributed by atoms with Gasteiger partial charge < -0.3 is 33.2 Å². The molecule has 0 aliphatic carbocycles. The maximum Gasteiger partial charge on any atom is 0.509 e. The molecule has 0 aromatic heterocycles. The van der Waals surface area contributed by atoms with Gasteiger partial charge in [-0.3, -0.25) is 4.90 Å². The first kappa shape index (κ1) is 35.5. The topological polar surface area (TPSA) is 119 Å². The fourth-order valence-corrected chi connectivity index (χ4v) is 4.58. The van der Waals surface area contributed by atoms with E-state index in [9.17, 15) is 14.4 Å². The van der Waals surface area contributed by atoms with Crippen molar-refractivity contribution in [2.45, 2.75) is 103 Å². The van der Waals surface area contributed by atoms with Crippen LogP contribution in [0.3, 0.4) is 0 Å². The van der Waals surface area contributed by atoms with Crippen LogP contribution in [-0.2, 0) is 41.5 Å². The lowest BCUT2D eigenvalue weighted by Gasteiger charge is -2.32. The van der Waals surface area contributed by atoms with Crippen LogP contribution in [0.4, 0.5) is 9.59 Å². The number of carbonyl (C=O) groups is 3. The lowest BCUT2D eigenvalue weighted by atomic mass is 10.0. The van der Waals surface area contributed by atoms with Crippen molar-refractivity contribution in [3.63, 3.8) is 0 Å². The van der Waals surface area contributed by atoms with E-state index < -0.39 is 53.3 Å². The Morgan fingerprint density at radius 3 is 1.73 bits per heavy atom. The van der Waals surface area contributed by atoms with Crippen molar-refractivity contribution in [3.8, 4) is 11.5 Å². The van der Waals surface area contributed by atoms with E-state index in [1.54, 1.807) is 93.9 Å². The van der Waals surface area contributed by atoms with Crippen molar-refractivity contribution in [1.82, 2.24) is 4.90 Å². The predicted octanol–water partition coefficient (Wildman–Crippen LogP) is 6.09. The molecule has 1 heterocycles. The Bertz CT molecular complexity index is 1290. The van der Waals surface area contributed by atoms with Crippen molar-refractivity contribution < 1.29 is 47.5 Å². The maximum absolute atomic E-state index is 13.7. The third-order valence-electron chi connectivity index (χ3n) is 6.89. The fraction of sp³-hybridized carbons (Fsp3) is 0.559. The first-order valence-corrected chi connectivity index (χ1v) is 14.9. The monoisotopic (exact) mass is 629 g/mol. The number of esters is 1. The van der Waals surface area contributed by atoms with Crippen molar-refractivity contribution in [2.75, 3.05) is 20.8 Å². The van der Waals surface area contributed by atoms with Crippen molar-refractivity contribution >= 4 is 18.2 Å². The van der Waals surface area contributed by atoms with Gasteiger partial charge in [0.2, 0.25) is 0 Å². The van der Waals surface area contributed by atoms with Crippen LogP contribution in [0.15, 0.2) is 48.5 Å². The molecule has 11 heteroatoms. The minimum atomic E-state index is -1.39. The normalized spacial score (nSPS) is 18.6. The van der Waals surface area contributed by atoms with Gasteiger partial charge in [0, 0.05) is 0 Å². The first-order chi connectivity index (χ1) is 20.9. The SMILES string of the molecule is COc1ccc(COC(C)(C)C(=O)O[C@@H]2[C@@H](OC(=O)OC(C)(C)C)CN(C(=O)OC(C)(C)C)[C@@H]2Cc2ccc(OC)cc2)cc1. The minimum absolute atomic E-state index is 0.0833. The molecule has 2 aromatic rings. The Morgan fingerprint density at radius 1 is 0.733 bits per heavy atom. The highest BCUT2D eigenvalue weighted by molar-refractivity contribution is 5.79. The molecular formula is C34H47NO10. The molecule has 248 valence electrons. The van der Waals surface area contributed by atoms with Crippen LogP contribution >= 0.6 is 0 Å². The van der Waals surface area contributed by atoms with Gasteiger partial charge in [-0.15, -0.1) is 0 Å². The Balaban J connectivity index is 1.92. The largest absolute Gasteiger partial charge is 0.509 e.